The van der Waals surface area contributed by atoms with E-state index in [1.54, 1.807) is 19.2 Å². The van der Waals surface area contributed by atoms with Crippen LogP contribution in [0.4, 0.5) is 5.82 Å². The third-order valence-corrected chi connectivity index (χ3v) is 3.43. The minimum absolute atomic E-state index is 0.227. The maximum atomic E-state index is 11.4. The Morgan fingerprint density at radius 3 is 2.76 bits per heavy atom. The van der Waals surface area contributed by atoms with Gasteiger partial charge in [0.1, 0.15) is 5.82 Å². The van der Waals surface area contributed by atoms with Gasteiger partial charge in [-0.2, -0.15) is 0 Å². The highest BCUT2D eigenvalue weighted by atomic mass is 16.5. The third kappa shape index (κ3) is 4.95. The Bertz CT molecular complexity index is 445. The molecule has 0 spiro atoms. The molecule has 116 valence electrons. The molecule has 1 amide bonds. The van der Waals surface area contributed by atoms with Gasteiger partial charge in [-0.05, 0) is 18.1 Å². The van der Waals surface area contributed by atoms with E-state index in [4.69, 9.17) is 4.74 Å². The highest BCUT2D eigenvalue weighted by Gasteiger charge is 2.13. The first-order valence-electron chi connectivity index (χ1n) is 7.29. The minimum Gasteiger partial charge on any atom is -0.379 e. The molecule has 1 unspecified atom stereocenters. The van der Waals surface area contributed by atoms with Crippen LogP contribution in [-0.4, -0.2) is 67.4 Å². The summed E-state index contributed by atoms with van der Waals surface area (Å²) in [6.45, 7) is 7.73. The molecule has 7 heteroatoms. The van der Waals surface area contributed by atoms with E-state index in [9.17, 15) is 4.79 Å². The average molecular weight is 293 g/mol. The predicted octanol–water partition coefficient (Wildman–Crippen LogP) is 0.216. The second-order valence-electron chi connectivity index (χ2n) is 5.28. The molecular formula is C14H23N5O2. The molecule has 1 aliphatic rings. The van der Waals surface area contributed by atoms with Crippen LogP contribution in [0.2, 0.25) is 0 Å². The van der Waals surface area contributed by atoms with Crippen molar-refractivity contribution in [2.75, 3.05) is 51.8 Å². The van der Waals surface area contributed by atoms with Crippen LogP contribution in [0.15, 0.2) is 12.1 Å². The summed E-state index contributed by atoms with van der Waals surface area (Å²) in [7, 11) is 1.57. The van der Waals surface area contributed by atoms with Crippen molar-refractivity contribution in [2.45, 2.75) is 6.92 Å². The first-order valence-corrected chi connectivity index (χ1v) is 7.29. The Kier molecular flexibility index (Phi) is 5.89. The van der Waals surface area contributed by atoms with E-state index in [0.29, 0.717) is 17.4 Å². The number of hydrogen-bond donors (Lipinski definition) is 2. The molecule has 0 bridgehead atoms. The Hall–Kier alpha value is -1.73. The monoisotopic (exact) mass is 293 g/mol. The van der Waals surface area contributed by atoms with Gasteiger partial charge in [-0.1, -0.05) is 6.92 Å². The van der Waals surface area contributed by atoms with Crippen LogP contribution < -0.4 is 10.6 Å². The Morgan fingerprint density at radius 2 is 2.14 bits per heavy atom. The molecular weight excluding hydrogens is 270 g/mol. The van der Waals surface area contributed by atoms with Crippen LogP contribution in [0.3, 0.4) is 0 Å². The molecule has 2 heterocycles. The van der Waals surface area contributed by atoms with Crippen LogP contribution >= 0.6 is 0 Å². The van der Waals surface area contributed by atoms with Gasteiger partial charge in [-0.15, -0.1) is 10.2 Å². The zero-order valence-electron chi connectivity index (χ0n) is 12.6. The maximum absolute atomic E-state index is 11.4. The fourth-order valence-corrected chi connectivity index (χ4v) is 2.24. The number of nitrogens with zero attached hydrogens (tertiary/aromatic N) is 3. The zero-order chi connectivity index (χ0) is 15.1. The lowest BCUT2D eigenvalue weighted by molar-refractivity contribution is 0.0325. The summed E-state index contributed by atoms with van der Waals surface area (Å²) >= 11 is 0. The van der Waals surface area contributed by atoms with Gasteiger partial charge in [0.25, 0.3) is 5.91 Å². The molecule has 2 rings (SSSR count). The highest BCUT2D eigenvalue weighted by molar-refractivity contribution is 5.91. The van der Waals surface area contributed by atoms with E-state index in [-0.39, 0.29) is 5.91 Å². The van der Waals surface area contributed by atoms with Gasteiger partial charge >= 0.3 is 0 Å². The highest BCUT2D eigenvalue weighted by Crippen LogP contribution is 2.06. The van der Waals surface area contributed by atoms with Crippen molar-refractivity contribution < 1.29 is 9.53 Å². The molecule has 1 aromatic rings. The van der Waals surface area contributed by atoms with E-state index >= 15 is 0 Å². The molecule has 2 N–H and O–H groups in total. The van der Waals surface area contributed by atoms with Gasteiger partial charge < -0.3 is 15.4 Å². The largest absolute Gasteiger partial charge is 0.379 e. The summed E-state index contributed by atoms with van der Waals surface area (Å²) in [4.78, 5) is 13.8. The number of carbonyl (C=O) groups is 1. The molecule has 1 fully saturated rings. The summed E-state index contributed by atoms with van der Waals surface area (Å²) in [5.74, 6) is 0.967. The number of morpholine rings is 1. The average Bonchev–Trinajstić information content (AvgIpc) is 2.53. The number of anilines is 1. The smallest absolute Gasteiger partial charge is 0.271 e. The van der Waals surface area contributed by atoms with Gasteiger partial charge in [0.15, 0.2) is 5.69 Å². The van der Waals surface area contributed by atoms with Gasteiger partial charge in [-0.25, -0.2) is 0 Å². The van der Waals surface area contributed by atoms with Crippen molar-refractivity contribution in [1.82, 2.24) is 20.4 Å². The van der Waals surface area contributed by atoms with E-state index in [1.165, 1.54) is 0 Å². The van der Waals surface area contributed by atoms with Gasteiger partial charge in [-0.3, -0.25) is 9.69 Å². The Morgan fingerprint density at radius 1 is 1.38 bits per heavy atom. The first-order chi connectivity index (χ1) is 10.2. The van der Waals surface area contributed by atoms with E-state index in [2.05, 4.69) is 32.7 Å². The maximum Gasteiger partial charge on any atom is 0.271 e. The number of ether oxygens (including phenoxy) is 1. The third-order valence-electron chi connectivity index (χ3n) is 3.43. The molecule has 1 aromatic heterocycles. The van der Waals surface area contributed by atoms with E-state index in [0.717, 1.165) is 39.4 Å². The van der Waals surface area contributed by atoms with Crippen molar-refractivity contribution in [1.29, 1.82) is 0 Å². The predicted molar refractivity (Wildman–Crippen MR) is 80.3 cm³/mol. The summed E-state index contributed by atoms with van der Waals surface area (Å²) in [6.07, 6.45) is 0. The van der Waals surface area contributed by atoms with Gasteiger partial charge in [0.2, 0.25) is 0 Å². The lowest BCUT2D eigenvalue weighted by atomic mass is 10.1. The molecule has 1 atom stereocenters. The Labute approximate surface area is 125 Å². The number of nitrogens with one attached hydrogen (secondary N) is 2. The van der Waals surface area contributed by atoms with Crippen molar-refractivity contribution in [3.05, 3.63) is 17.8 Å². The van der Waals surface area contributed by atoms with Crippen molar-refractivity contribution in [3.8, 4) is 0 Å². The molecule has 1 aliphatic heterocycles. The van der Waals surface area contributed by atoms with E-state index < -0.39 is 0 Å². The van der Waals surface area contributed by atoms with Crippen molar-refractivity contribution in [2.24, 2.45) is 5.92 Å². The molecule has 7 nitrogen and oxygen atoms in total. The number of hydrogen-bond acceptors (Lipinski definition) is 6. The number of aromatic nitrogens is 2. The zero-order valence-corrected chi connectivity index (χ0v) is 12.6. The van der Waals surface area contributed by atoms with E-state index in [1.807, 2.05) is 0 Å². The lowest BCUT2D eigenvalue weighted by Gasteiger charge is -2.29. The summed E-state index contributed by atoms with van der Waals surface area (Å²) in [5.41, 5.74) is 0.324. The fourth-order valence-electron chi connectivity index (χ4n) is 2.24. The normalized spacial score (nSPS) is 17.2. The summed E-state index contributed by atoms with van der Waals surface area (Å²) in [6, 6.07) is 3.44. The topological polar surface area (TPSA) is 79.4 Å². The second-order valence-corrected chi connectivity index (χ2v) is 5.28. The fraction of sp³-hybridized carbons (Fsp3) is 0.643. The first kappa shape index (κ1) is 15.7. The number of carbonyl (C=O) groups excluding carboxylic acids is 1. The van der Waals surface area contributed by atoms with Crippen LogP contribution in [0.25, 0.3) is 0 Å². The summed E-state index contributed by atoms with van der Waals surface area (Å²) < 4.78 is 5.34. The van der Waals surface area contributed by atoms with Crippen molar-refractivity contribution >= 4 is 11.7 Å². The van der Waals surface area contributed by atoms with Crippen LogP contribution in [0.5, 0.6) is 0 Å². The Balaban J connectivity index is 1.75. The van der Waals surface area contributed by atoms with Crippen LogP contribution in [0, 0.1) is 5.92 Å². The van der Waals surface area contributed by atoms with Crippen LogP contribution in [0.1, 0.15) is 17.4 Å². The molecule has 0 saturated carbocycles. The molecule has 0 radical (unpaired) electrons. The minimum atomic E-state index is -0.227. The van der Waals surface area contributed by atoms with Gasteiger partial charge in [0.05, 0.1) is 13.2 Å². The standard InChI is InChI=1S/C14H23N5O2/c1-11(10-19-5-7-21-8-6-19)9-16-13-4-3-12(17-18-13)14(20)15-2/h3-4,11H,5-10H2,1-2H3,(H,15,20)(H,16,18). The molecule has 21 heavy (non-hydrogen) atoms. The molecule has 0 aromatic carbocycles. The number of amides is 1. The number of rotatable bonds is 6. The van der Waals surface area contributed by atoms with Crippen molar-refractivity contribution in [3.63, 3.8) is 0 Å². The second kappa shape index (κ2) is 7.90. The van der Waals surface area contributed by atoms with Crippen LogP contribution in [-0.2, 0) is 4.74 Å². The SMILES string of the molecule is CNC(=O)c1ccc(NCC(C)CN2CCOCC2)nn1. The van der Waals surface area contributed by atoms with Gasteiger partial charge in [0, 0.05) is 33.2 Å². The molecule has 1 saturated heterocycles. The summed E-state index contributed by atoms with van der Waals surface area (Å²) in [5, 5.41) is 13.7. The lowest BCUT2D eigenvalue weighted by Crippen LogP contribution is -2.40. The molecule has 0 aliphatic carbocycles. The quantitative estimate of drug-likeness (QED) is 0.781.